The molecular formula is C18H24N2O. The zero-order valence-corrected chi connectivity index (χ0v) is 13.1. The molecule has 1 fully saturated rings. The van der Waals surface area contributed by atoms with E-state index in [1.807, 2.05) is 11.0 Å². The van der Waals surface area contributed by atoms with Gasteiger partial charge in [0.15, 0.2) is 0 Å². The Morgan fingerprint density at radius 3 is 2.81 bits per heavy atom. The van der Waals surface area contributed by atoms with Crippen LogP contribution < -0.4 is 0 Å². The minimum absolute atomic E-state index is 0.143. The highest BCUT2D eigenvalue weighted by Crippen LogP contribution is 2.24. The smallest absolute Gasteiger partial charge is 0.270 e. The van der Waals surface area contributed by atoms with Crippen molar-refractivity contribution in [1.82, 2.24) is 9.88 Å². The summed E-state index contributed by atoms with van der Waals surface area (Å²) in [6.07, 6.45) is 3.46. The van der Waals surface area contributed by atoms with Crippen molar-refractivity contribution in [2.45, 2.75) is 52.0 Å². The molecule has 3 rings (SSSR count). The summed E-state index contributed by atoms with van der Waals surface area (Å²) in [5.41, 5.74) is 3.09. The number of rotatable bonds is 2. The molecule has 1 atom stereocenters. The lowest BCUT2D eigenvalue weighted by molar-refractivity contribution is 0.0630. The largest absolute Gasteiger partial charge is 0.351 e. The number of benzene rings is 1. The predicted octanol–water partition coefficient (Wildman–Crippen LogP) is 4.31. The molecule has 1 aromatic carbocycles. The summed E-state index contributed by atoms with van der Waals surface area (Å²) in [6, 6.07) is 8.76. The molecule has 3 nitrogen and oxygen atoms in total. The number of H-pyrrole nitrogens is 1. The molecule has 0 bridgehead atoms. The molecule has 0 unspecified atom stereocenters. The van der Waals surface area contributed by atoms with Crippen molar-refractivity contribution in [3.63, 3.8) is 0 Å². The van der Waals surface area contributed by atoms with E-state index in [4.69, 9.17) is 0 Å². The van der Waals surface area contributed by atoms with Gasteiger partial charge < -0.3 is 9.88 Å². The summed E-state index contributed by atoms with van der Waals surface area (Å²) < 4.78 is 0. The highest BCUT2D eigenvalue weighted by molar-refractivity contribution is 5.98. The van der Waals surface area contributed by atoms with Crippen LogP contribution in [0.5, 0.6) is 0 Å². The van der Waals surface area contributed by atoms with Crippen LogP contribution in [0.15, 0.2) is 24.3 Å². The number of nitrogens with zero attached hydrogens (tertiary/aromatic N) is 1. The van der Waals surface area contributed by atoms with Gasteiger partial charge in [-0.05, 0) is 49.8 Å². The minimum atomic E-state index is 0.143. The molecule has 1 N–H and O–H groups in total. The molecule has 2 heterocycles. The number of aromatic amines is 1. The number of carbonyl (C=O) groups is 1. The van der Waals surface area contributed by atoms with Crippen molar-refractivity contribution < 1.29 is 4.79 Å². The number of carbonyl (C=O) groups excluding carboxylic acids is 1. The van der Waals surface area contributed by atoms with Crippen LogP contribution in [-0.2, 0) is 0 Å². The standard InChI is InChI=1S/C18H24N2O/c1-12(2)14-7-8-15-11-17(19-16(15)10-14)18(21)20-9-5-4-6-13(20)3/h7-8,10-13,19H,4-6,9H2,1-3H3/t13-/m0/s1. The maximum absolute atomic E-state index is 12.7. The lowest BCUT2D eigenvalue weighted by Gasteiger charge is -2.33. The number of aromatic nitrogens is 1. The number of fused-ring (bicyclic) bond motifs is 1. The van der Waals surface area contributed by atoms with Gasteiger partial charge in [-0.25, -0.2) is 0 Å². The molecule has 1 saturated heterocycles. The van der Waals surface area contributed by atoms with E-state index in [2.05, 4.69) is 44.0 Å². The summed E-state index contributed by atoms with van der Waals surface area (Å²) in [5.74, 6) is 0.642. The molecule has 0 radical (unpaired) electrons. The van der Waals surface area contributed by atoms with Gasteiger partial charge in [-0.15, -0.1) is 0 Å². The fraction of sp³-hybridized carbons (Fsp3) is 0.500. The quantitative estimate of drug-likeness (QED) is 0.876. The van der Waals surface area contributed by atoms with Crippen molar-refractivity contribution in [3.05, 3.63) is 35.5 Å². The van der Waals surface area contributed by atoms with Crippen LogP contribution in [0, 0.1) is 0 Å². The van der Waals surface area contributed by atoms with Crippen molar-refractivity contribution in [2.24, 2.45) is 0 Å². The summed E-state index contributed by atoms with van der Waals surface area (Å²) in [7, 11) is 0. The van der Waals surface area contributed by atoms with Crippen LogP contribution in [0.2, 0.25) is 0 Å². The Morgan fingerprint density at radius 1 is 1.29 bits per heavy atom. The van der Waals surface area contributed by atoms with Gasteiger partial charge in [-0.3, -0.25) is 4.79 Å². The van der Waals surface area contributed by atoms with Gasteiger partial charge in [0.25, 0.3) is 5.91 Å². The molecule has 3 heteroatoms. The van der Waals surface area contributed by atoms with Crippen LogP contribution in [0.4, 0.5) is 0 Å². The molecule has 0 aliphatic carbocycles. The van der Waals surface area contributed by atoms with Crippen LogP contribution in [0.3, 0.4) is 0 Å². The number of hydrogen-bond acceptors (Lipinski definition) is 1. The summed E-state index contributed by atoms with van der Waals surface area (Å²) in [5, 5.41) is 1.12. The van der Waals surface area contributed by atoms with Crippen LogP contribution in [0.1, 0.15) is 62.0 Å². The molecule has 2 aromatic rings. The summed E-state index contributed by atoms with van der Waals surface area (Å²) in [6.45, 7) is 7.40. The minimum Gasteiger partial charge on any atom is -0.351 e. The Morgan fingerprint density at radius 2 is 2.10 bits per heavy atom. The Kier molecular flexibility index (Phi) is 3.75. The first-order chi connectivity index (χ1) is 10.1. The van der Waals surface area contributed by atoms with Crippen molar-refractivity contribution in [1.29, 1.82) is 0 Å². The molecule has 1 aliphatic heterocycles. The van der Waals surface area contributed by atoms with Gasteiger partial charge in [0.2, 0.25) is 0 Å². The zero-order chi connectivity index (χ0) is 15.0. The normalized spacial score (nSPS) is 19.4. The Bertz CT molecular complexity index is 656. The van der Waals surface area contributed by atoms with Gasteiger partial charge >= 0.3 is 0 Å². The van der Waals surface area contributed by atoms with Gasteiger partial charge in [0, 0.05) is 23.5 Å². The van der Waals surface area contributed by atoms with E-state index in [0.29, 0.717) is 12.0 Å². The third-order valence-corrected chi connectivity index (χ3v) is 4.61. The highest BCUT2D eigenvalue weighted by Gasteiger charge is 2.25. The van der Waals surface area contributed by atoms with E-state index in [9.17, 15) is 4.79 Å². The van der Waals surface area contributed by atoms with Gasteiger partial charge in [0.05, 0.1) is 0 Å². The average molecular weight is 284 g/mol. The Balaban J connectivity index is 1.91. The van der Waals surface area contributed by atoms with Gasteiger partial charge in [-0.1, -0.05) is 26.0 Å². The van der Waals surface area contributed by atoms with Crippen LogP contribution in [0.25, 0.3) is 10.9 Å². The summed E-state index contributed by atoms with van der Waals surface area (Å²) in [4.78, 5) is 18.0. The van der Waals surface area contributed by atoms with Gasteiger partial charge in [0.1, 0.15) is 5.69 Å². The van der Waals surface area contributed by atoms with E-state index in [-0.39, 0.29) is 5.91 Å². The molecule has 0 spiro atoms. The maximum Gasteiger partial charge on any atom is 0.270 e. The predicted molar refractivity (Wildman–Crippen MR) is 86.7 cm³/mol. The monoisotopic (exact) mass is 284 g/mol. The van der Waals surface area contributed by atoms with E-state index < -0.39 is 0 Å². The lowest BCUT2D eigenvalue weighted by Crippen LogP contribution is -2.42. The molecule has 1 amide bonds. The molecular weight excluding hydrogens is 260 g/mol. The molecule has 112 valence electrons. The molecule has 21 heavy (non-hydrogen) atoms. The number of nitrogens with one attached hydrogen (secondary N) is 1. The van der Waals surface area contributed by atoms with Crippen molar-refractivity contribution in [2.75, 3.05) is 6.54 Å². The highest BCUT2D eigenvalue weighted by atomic mass is 16.2. The first-order valence-corrected chi connectivity index (χ1v) is 8.00. The first kappa shape index (κ1) is 14.2. The number of hydrogen-bond donors (Lipinski definition) is 1. The number of amides is 1. The number of piperidine rings is 1. The third kappa shape index (κ3) is 2.69. The molecule has 0 saturated carbocycles. The van der Waals surface area contributed by atoms with E-state index >= 15 is 0 Å². The fourth-order valence-electron chi connectivity index (χ4n) is 3.17. The van der Waals surface area contributed by atoms with Crippen LogP contribution >= 0.6 is 0 Å². The number of likely N-dealkylation sites (tertiary alicyclic amines) is 1. The Hall–Kier alpha value is -1.77. The molecule has 1 aliphatic rings. The second kappa shape index (κ2) is 5.55. The van der Waals surface area contributed by atoms with E-state index in [1.165, 1.54) is 12.0 Å². The second-order valence-electron chi connectivity index (χ2n) is 6.53. The van der Waals surface area contributed by atoms with Crippen molar-refractivity contribution in [3.8, 4) is 0 Å². The lowest BCUT2D eigenvalue weighted by atomic mass is 10.0. The van der Waals surface area contributed by atoms with Gasteiger partial charge in [-0.2, -0.15) is 0 Å². The van der Waals surface area contributed by atoms with E-state index in [0.717, 1.165) is 36.0 Å². The van der Waals surface area contributed by atoms with Crippen LogP contribution in [-0.4, -0.2) is 28.4 Å². The third-order valence-electron chi connectivity index (χ3n) is 4.61. The summed E-state index contributed by atoms with van der Waals surface area (Å²) >= 11 is 0. The topological polar surface area (TPSA) is 36.1 Å². The molecule has 1 aromatic heterocycles. The Labute approximate surface area is 126 Å². The average Bonchev–Trinajstić information content (AvgIpc) is 2.89. The first-order valence-electron chi connectivity index (χ1n) is 8.00. The zero-order valence-electron chi connectivity index (χ0n) is 13.1. The van der Waals surface area contributed by atoms with Crippen molar-refractivity contribution >= 4 is 16.8 Å². The van der Waals surface area contributed by atoms with E-state index in [1.54, 1.807) is 0 Å². The fourth-order valence-corrected chi connectivity index (χ4v) is 3.17. The second-order valence-corrected chi connectivity index (χ2v) is 6.53. The SMILES string of the molecule is CC(C)c1ccc2cc(C(=O)N3CCCC[C@@H]3C)[nH]c2c1. The maximum atomic E-state index is 12.7.